The molecule has 0 unspecified atom stereocenters. The van der Waals surface area contributed by atoms with Crippen LogP contribution >= 0.6 is 0 Å². The molecule has 0 saturated carbocycles. The molecule has 2 heteroatoms. The standard InChI is InChI=1S/C8H10O2/c1-7(4-3-5-9)6-8(2)10/h3-6H,1-2H3. The molecule has 0 heterocycles. The van der Waals surface area contributed by atoms with Crippen molar-refractivity contribution < 1.29 is 9.59 Å². The van der Waals surface area contributed by atoms with Gasteiger partial charge in [-0.15, -0.1) is 0 Å². The number of ketones is 1. The summed E-state index contributed by atoms with van der Waals surface area (Å²) in [6.45, 7) is 3.24. The molecule has 0 amide bonds. The SMILES string of the molecule is CC(=O)C=C(C)C=CC=O. The zero-order valence-electron chi connectivity index (χ0n) is 6.13. The highest BCUT2D eigenvalue weighted by Crippen LogP contribution is 1.93. The van der Waals surface area contributed by atoms with Gasteiger partial charge in [-0.05, 0) is 31.6 Å². The van der Waals surface area contributed by atoms with Gasteiger partial charge in [0.25, 0.3) is 0 Å². The average molecular weight is 138 g/mol. The van der Waals surface area contributed by atoms with Crippen LogP contribution in [0.5, 0.6) is 0 Å². The van der Waals surface area contributed by atoms with Crippen molar-refractivity contribution in [1.29, 1.82) is 0 Å². The summed E-state index contributed by atoms with van der Waals surface area (Å²) in [5.41, 5.74) is 0.791. The van der Waals surface area contributed by atoms with E-state index in [9.17, 15) is 9.59 Å². The number of carbonyl (C=O) groups excluding carboxylic acids is 2. The minimum Gasteiger partial charge on any atom is -0.299 e. The maximum Gasteiger partial charge on any atom is 0.152 e. The molecule has 0 bridgehead atoms. The summed E-state index contributed by atoms with van der Waals surface area (Å²) < 4.78 is 0. The Morgan fingerprint density at radius 1 is 1.30 bits per heavy atom. The van der Waals surface area contributed by atoms with Crippen molar-refractivity contribution in [1.82, 2.24) is 0 Å². The van der Waals surface area contributed by atoms with E-state index in [1.165, 1.54) is 19.1 Å². The fourth-order valence-electron chi connectivity index (χ4n) is 0.560. The molecular weight excluding hydrogens is 128 g/mol. The summed E-state index contributed by atoms with van der Waals surface area (Å²) in [6, 6.07) is 0. The van der Waals surface area contributed by atoms with Crippen LogP contribution in [0, 0.1) is 0 Å². The number of hydrogen-bond acceptors (Lipinski definition) is 2. The van der Waals surface area contributed by atoms with Gasteiger partial charge in [-0.1, -0.05) is 6.08 Å². The molecule has 0 fully saturated rings. The van der Waals surface area contributed by atoms with Crippen molar-refractivity contribution in [2.24, 2.45) is 0 Å². The smallest absolute Gasteiger partial charge is 0.152 e. The lowest BCUT2D eigenvalue weighted by atomic mass is 10.2. The van der Waals surface area contributed by atoms with Crippen molar-refractivity contribution in [3.05, 3.63) is 23.8 Å². The lowest BCUT2D eigenvalue weighted by molar-refractivity contribution is -0.112. The monoisotopic (exact) mass is 138 g/mol. The van der Waals surface area contributed by atoms with Gasteiger partial charge in [0, 0.05) is 0 Å². The molecule has 0 aliphatic carbocycles. The van der Waals surface area contributed by atoms with E-state index in [-0.39, 0.29) is 5.78 Å². The predicted molar refractivity (Wildman–Crippen MR) is 39.6 cm³/mol. The Morgan fingerprint density at radius 2 is 1.90 bits per heavy atom. The Hall–Kier alpha value is -1.18. The average Bonchev–Trinajstić information content (AvgIpc) is 1.82. The summed E-state index contributed by atoms with van der Waals surface area (Å²) in [5.74, 6) is -0.00644. The van der Waals surface area contributed by atoms with Crippen LogP contribution in [0.4, 0.5) is 0 Å². The first-order chi connectivity index (χ1) is 4.66. The van der Waals surface area contributed by atoms with Gasteiger partial charge in [-0.25, -0.2) is 0 Å². The fourth-order valence-corrected chi connectivity index (χ4v) is 0.560. The van der Waals surface area contributed by atoms with E-state index in [4.69, 9.17) is 0 Å². The van der Waals surface area contributed by atoms with Crippen LogP contribution in [0.1, 0.15) is 13.8 Å². The van der Waals surface area contributed by atoms with Crippen LogP contribution < -0.4 is 0 Å². The maximum atomic E-state index is 10.4. The fraction of sp³-hybridized carbons (Fsp3) is 0.250. The van der Waals surface area contributed by atoms with Crippen LogP contribution in [-0.2, 0) is 9.59 Å². The Labute approximate surface area is 60.2 Å². The van der Waals surface area contributed by atoms with Crippen molar-refractivity contribution in [3.8, 4) is 0 Å². The van der Waals surface area contributed by atoms with Gasteiger partial charge < -0.3 is 0 Å². The molecule has 0 aromatic carbocycles. The molecule has 0 aliphatic rings. The molecule has 2 nitrogen and oxygen atoms in total. The van der Waals surface area contributed by atoms with Crippen molar-refractivity contribution in [2.75, 3.05) is 0 Å². The first-order valence-electron chi connectivity index (χ1n) is 2.97. The third-order valence-corrected chi connectivity index (χ3v) is 0.869. The predicted octanol–water partition coefficient (Wildman–Crippen LogP) is 1.28. The van der Waals surface area contributed by atoms with E-state index < -0.39 is 0 Å². The largest absolute Gasteiger partial charge is 0.299 e. The summed E-state index contributed by atoms with van der Waals surface area (Å²) in [4.78, 5) is 20.2. The van der Waals surface area contributed by atoms with E-state index >= 15 is 0 Å². The maximum absolute atomic E-state index is 10.4. The lowest BCUT2D eigenvalue weighted by Gasteiger charge is -1.85. The van der Waals surface area contributed by atoms with E-state index in [1.54, 1.807) is 13.0 Å². The van der Waals surface area contributed by atoms with E-state index in [1.807, 2.05) is 0 Å². The first kappa shape index (κ1) is 8.82. The second kappa shape index (κ2) is 4.68. The summed E-state index contributed by atoms with van der Waals surface area (Å²) in [6.07, 6.45) is 5.10. The zero-order valence-corrected chi connectivity index (χ0v) is 6.13. The number of hydrogen-bond donors (Lipinski definition) is 0. The zero-order chi connectivity index (χ0) is 7.98. The van der Waals surface area contributed by atoms with E-state index in [2.05, 4.69) is 0 Å². The molecule has 0 saturated heterocycles. The lowest BCUT2D eigenvalue weighted by Crippen LogP contribution is -1.82. The quantitative estimate of drug-likeness (QED) is 0.334. The normalized spacial score (nSPS) is 12.0. The molecule has 0 N–H and O–H groups in total. The Bertz CT molecular complexity index is 187. The molecule has 0 spiro atoms. The van der Waals surface area contributed by atoms with E-state index in [0.717, 1.165) is 5.57 Å². The first-order valence-corrected chi connectivity index (χ1v) is 2.97. The summed E-state index contributed by atoms with van der Waals surface area (Å²) >= 11 is 0. The molecule has 10 heavy (non-hydrogen) atoms. The molecule has 0 aromatic heterocycles. The van der Waals surface area contributed by atoms with Crippen molar-refractivity contribution in [2.45, 2.75) is 13.8 Å². The Balaban J connectivity index is 4.06. The highest BCUT2D eigenvalue weighted by molar-refractivity contribution is 5.88. The van der Waals surface area contributed by atoms with Crippen LogP contribution in [0.15, 0.2) is 23.8 Å². The highest BCUT2D eigenvalue weighted by Gasteiger charge is 1.84. The van der Waals surface area contributed by atoms with Gasteiger partial charge >= 0.3 is 0 Å². The number of carbonyl (C=O) groups is 2. The second-order valence-corrected chi connectivity index (χ2v) is 1.99. The summed E-state index contributed by atoms with van der Waals surface area (Å²) in [7, 11) is 0. The van der Waals surface area contributed by atoms with Gasteiger partial charge in [-0.3, -0.25) is 9.59 Å². The van der Waals surface area contributed by atoms with E-state index in [0.29, 0.717) is 6.29 Å². The van der Waals surface area contributed by atoms with Gasteiger partial charge in [0.1, 0.15) is 6.29 Å². The molecule has 0 aliphatic heterocycles. The number of aldehydes is 1. The Kier molecular flexibility index (Phi) is 4.12. The topological polar surface area (TPSA) is 34.1 Å². The molecule has 0 radical (unpaired) electrons. The molecule has 54 valence electrons. The minimum absolute atomic E-state index is 0.00644. The molecule has 0 atom stereocenters. The van der Waals surface area contributed by atoms with Crippen LogP contribution in [0.2, 0.25) is 0 Å². The molecular formula is C8H10O2. The summed E-state index contributed by atoms with van der Waals surface area (Å²) in [5, 5.41) is 0. The van der Waals surface area contributed by atoms with Crippen molar-refractivity contribution in [3.63, 3.8) is 0 Å². The second-order valence-electron chi connectivity index (χ2n) is 1.99. The highest BCUT2D eigenvalue weighted by atomic mass is 16.1. The van der Waals surface area contributed by atoms with Gasteiger partial charge in [0.15, 0.2) is 5.78 Å². The number of allylic oxidation sites excluding steroid dienone is 4. The minimum atomic E-state index is -0.00644. The molecule has 0 aromatic rings. The van der Waals surface area contributed by atoms with Gasteiger partial charge in [0.2, 0.25) is 0 Å². The van der Waals surface area contributed by atoms with Gasteiger partial charge in [-0.2, -0.15) is 0 Å². The Morgan fingerprint density at radius 3 is 2.30 bits per heavy atom. The van der Waals surface area contributed by atoms with Gasteiger partial charge in [0.05, 0.1) is 0 Å². The molecule has 0 rings (SSSR count). The number of rotatable bonds is 3. The third-order valence-electron chi connectivity index (χ3n) is 0.869. The van der Waals surface area contributed by atoms with Crippen LogP contribution in [0.3, 0.4) is 0 Å². The van der Waals surface area contributed by atoms with Crippen LogP contribution in [0.25, 0.3) is 0 Å². The van der Waals surface area contributed by atoms with Crippen LogP contribution in [-0.4, -0.2) is 12.1 Å². The third kappa shape index (κ3) is 4.97. The van der Waals surface area contributed by atoms with Crippen molar-refractivity contribution >= 4 is 12.1 Å².